The molecule has 0 radical (unpaired) electrons. The second kappa shape index (κ2) is 2.33. The molecule has 0 spiro atoms. The van der Waals surface area contributed by atoms with Crippen molar-refractivity contribution in [2.75, 3.05) is 0 Å². The Morgan fingerprint density at radius 1 is 1.08 bits per heavy atom. The molecule has 2 aromatic rings. The first-order valence-electron chi connectivity index (χ1n) is 4.26. The zero-order valence-corrected chi connectivity index (χ0v) is 7.01. The number of hydrogen-bond acceptors (Lipinski definition) is 1. The number of aromatic nitrogens is 1. The van der Waals surface area contributed by atoms with Crippen molar-refractivity contribution in [1.29, 1.82) is 0 Å². The van der Waals surface area contributed by atoms with Crippen LogP contribution in [0.3, 0.4) is 0 Å². The molecule has 0 N–H and O–H groups in total. The van der Waals surface area contributed by atoms with Crippen LogP contribution in [0.2, 0.25) is 0 Å². The summed E-state index contributed by atoms with van der Waals surface area (Å²) in [5.74, 6) is 0. The summed E-state index contributed by atoms with van der Waals surface area (Å²) in [6.07, 6.45) is 5.84. The van der Waals surface area contributed by atoms with Gasteiger partial charge in [0.1, 0.15) is 5.49 Å². The molecule has 1 aliphatic rings. The fourth-order valence-corrected chi connectivity index (χ4v) is 1.66. The highest BCUT2D eigenvalue weighted by Gasteiger charge is 1.96. The van der Waals surface area contributed by atoms with Crippen LogP contribution in [-0.2, 0) is 0 Å². The van der Waals surface area contributed by atoms with E-state index in [-0.39, 0.29) is 0 Å². The predicted octanol–water partition coefficient (Wildman–Crippen LogP) is 0.867. The van der Waals surface area contributed by atoms with E-state index in [2.05, 4.69) is 39.7 Å². The zero-order chi connectivity index (χ0) is 8.67. The molecule has 3 heterocycles. The lowest BCUT2D eigenvalue weighted by molar-refractivity contribution is 1.04. The Hall–Kier alpha value is -1.83. The standard InChI is InChI=1S/C11H8N2/c1-3-9-5-2-8-12-11-7-6-10(4-1)13(9)11/h1-8H. The molecule has 0 aromatic carbocycles. The van der Waals surface area contributed by atoms with Gasteiger partial charge in [0.15, 0.2) is 0 Å². The Morgan fingerprint density at radius 2 is 2.08 bits per heavy atom. The van der Waals surface area contributed by atoms with Crippen LogP contribution in [0.15, 0.2) is 47.6 Å². The first-order chi connectivity index (χ1) is 6.45. The molecular weight excluding hydrogens is 160 g/mol. The van der Waals surface area contributed by atoms with E-state index in [9.17, 15) is 0 Å². The van der Waals surface area contributed by atoms with Crippen molar-refractivity contribution in [3.05, 3.63) is 53.4 Å². The maximum atomic E-state index is 4.32. The number of nitrogens with zero attached hydrogens (tertiary/aromatic N) is 2. The quantitative estimate of drug-likeness (QED) is 0.555. The summed E-state index contributed by atoms with van der Waals surface area (Å²) in [5.41, 5.74) is 2.19. The molecule has 0 saturated carbocycles. The van der Waals surface area contributed by atoms with Crippen LogP contribution >= 0.6 is 0 Å². The maximum Gasteiger partial charge on any atom is 0.137 e. The summed E-state index contributed by atoms with van der Waals surface area (Å²) in [6, 6.07) is 10.3. The second-order valence-corrected chi connectivity index (χ2v) is 3.04. The Labute approximate surface area is 75.2 Å². The second-order valence-electron chi connectivity index (χ2n) is 3.04. The normalized spacial score (nSPS) is 13.5. The number of rotatable bonds is 0. The lowest BCUT2D eigenvalue weighted by atomic mass is 10.3. The molecule has 3 rings (SSSR count). The van der Waals surface area contributed by atoms with Crippen LogP contribution in [-0.4, -0.2) is 4.40 Å². The average Bonchev–Trinajstić information content (AvgIpc) is 2.44. The summed E-state index contributed by atoms with van der Waals surface area (Å²) in [5, 5.41) is 1.18. The molecule has 0 saturated heterocycles. The molecule has 0 unspecified atom stereocenters. The Kier molecular flexibility index (Phi) is 1.19. The summed E-state index contributed by atoms with van der Waals surface area (Å²) in [4.78, 5) is 4.32. The fourth-order valence-electron chi connectivity index (χ4n) is 1.66. The van der Waals surface area contributed by atoms with E-state index >= 15 is 0 Å². The van der Waals surface area contributed by atoms with Gasteiger partial charge < -0.3 is 0 Å². The third-order valence-corrected chi connectivity index (χ3v) is 2.24. The fraction of sp³-hybridized carbons (Fsp3) is 0. The highest BCUT2D eigenvalue weighted by Crippen LogP contribution is 1.96. The van der Waals surface area contributed by atoms with Crippen LogP contribution in [0, 0.1) is 0 Å². The third kappa shape index (κ3) is 0.855. The van der Waals surface area contributed by atoms with Gasteiger partial charge in [-0.3, -0.25) is 4.40 Å². The minimum atomic E-state index is 0.996. The molecule has 62 valence electrons. The monoisotopic (exact) mass is 168 g/mol. The number of allylic oxidation sites excluding steroid dienone is 1. The topological polar surface area (TPSA) is 16.8 Å². The molecule has 0 fully saturated rings. The van der Waals surface area contributed by atoms with Gasteiger partial charge in [0.25, 0.3) is 0 Å². The van der Waals surface area contributed by atoms with Crippen LogP contribution in [0.4, 0.5) is 0 Å². The van der Waals surface area contributed by atoms with E-state index in [1.165, 1.54) is 10.9 Å². The van der Waals surface area contributed by atoms with Crippen LogP contribution in [0.25, 0.3) is 11.6 Å². The maximum absolute atomic E-state index is 4.32. The Bertz CT molecular complexity index is 603. The summed E-state index contributed by atoms with van der Waals surface area (Å²) >= 11 is 0. The van der Waals surface area contributed by atoms with Gasteiger partial charge in [0.2, 0.25) is 0 Å². The molecule has 2 nitrogen and oxygen atoms in total. The van der Waals surface area contributed by atoms with Crippen molar-refractivity contribution < 1.29 is 0 Å². The molecule has 1 aliphatic heterocycles. The van der Waals surface area contributed by atoms with E-state index in [1.54, 1.807) is 0 Å². The Morgan fingerprint density at radius 3 is 3.08 bits per heavy atom. The average molecular weight is 168 g/mol. The number of pyridine rings is 1. The first-order valence-corrected chi connectivity index (χ1v) is 4.26. The predicted molar refractivity (Wildman–Crippen MR) is 51.8 cm³/mol. The van der Waals surface area contributed by atoms with E-state index in [0.29, 0.717) is 0 Å². The van der Waals surface area contributed by atoms with Crippen LogP contribution < -0.4 is 10.8 Å². The van der Waals surface area contributed by atoms with E-state index < -0.39 is 0 Å². The van der Waals surface area contributed by atoms with Gasteiger partial charge in [-0.15, -0.1) is 0 Å². The van der Waals surface area contributed by atoms with Crippen molar-refractivity contribution in [3.63, 3.8) is 0 Å². The molecule has 0 aliphatic carbocycles. The number of hydrogen-bond donors (Lipinski definition) is 0. The van der Waals surface area contributed by atoms with Crippen LogP contribution in [0.1, 0.15) is 0 Å². The summed E-state index contributed by atoms with van der Waals surface area (Å²) in [6.45, 7) is 0. The van der Waals surface area contributed by atoms with E-state index in [4.69, 9.17) is 0 Å². The van der Waals surface area contributed by atoms with E-state index in [0.717, 1.165) is 5.49 Å². The van der Waals surface area contributed by atoms with Gasteiger partial charge in [-0.05, 0) is 36.4 Å². The van der Waals surface area contributed by atoms with Crippen molar-refractivity contribution in [1.82, 2.24) is 4.40 Å². The van der Waals surface area contributed by atoms with Crippen LogP contribution in [0.5, 0.6) is 0 Å². The van der Waals surface area contributed by atoms with Crippen molar-refractivity contribution in [2.24, 2.45) is 4.99 Å². The summed E-state index contributed by atoms with van der Waals surface area (Å²) < 4.78 is 2.14. The smallest absolute Gasteiger partial charge is 0.137 e. The minimum absolute atomic E-state index is 0.996. The highest BCUT2D eigenvalue weighted by molar-refractivity contribution is 5.49. The third-order valence-electron chi connectivity index (χ3n) is 2.24. The molecule has 2 heteroatoms. The largest absolute Gasteiger partial charge is 0.295 e. The van der Waals surface area contributed by atoms with Gasteiger partial charge >= 0.3 is 0 Å². The Balaban J connectivity index is 2.76. The first kappa shape index (κ1) is 6.66. The lowest BCUT2D eigenvalue weighted by Crippen LogP contribution is -2.22. The van der Waals surface area contributed by atoms with Crippen molar-refractivity contribution >= 4 is 11.6 Å². The molecule has 0 bridgehead atoms. The molecule has 0 amide bonds. The minimum Gasteiger partial charge on any atom is -0.295 e. The lowest BCUT2D eigenvalue weighted by Gasteiger charge is -1.93. The zero-order valence-electron chi connectivity index (χ0n) is 7.01. The van der Waals surface area contributed by atoms with Crippen molar-refractivity contribution in [3.8, 4) is 0 Å². The molecule has 0 atom stereocenters. The van der Waals surface area contributed by atoms with Gasteiger partial charge in [0.05, 0.1) is 0 Å². The molecule has 13 heavy (non-hydrogen) atoms. The van der Waals surface area contributed by atoms with Gasteiger partial charge in [-0.25, -0.2) is 4.99 Å². The van der Waals surface area contributed by atoms with Crippen molar-refractivity contribution in [2.45, 2.75) is 0 Å². The van der Waals surface area contributed by atoms with Gasteiger partial charge in [-0.1, -0.05) is 6.07 Å². The van der Waals surface area contributed by atoms with Gasteiger partial charge in [-0.2, -0.15) is 0 Å². The SMILES string of the molecule is C1=CN=c2ccc3cccc(n23)=C1. The van der Waals surface area contributed by atoms with Gasteiger partial charge in [0, 0.05) is 17.1 Å². The summed E-state index contributed by atoms with van der Waals surface area (Å²) in [7, 11) is 0. The highest BCUT2D eigenvalue weighted by atomic mass is 15.0. The molecular formula is C11H8N2. The molecule has 2 aromatic heterocycles. The van der Waals surface area contributed by atoms with E-state index in [1.807, 2.05) is 18.3 Å².